The zero-order valence-corrected chi connectivity index (χ0v) is 17.0. The highest BCUT2D eigenvalue weighted by Gasteiger charge is 2.22. The van der Waals surface area contributed by atoms with E-state index in [0.29, 0.717) is 5.69 Å². The van der Waals surface area contributed by atoms with Crippen LogP contribution in [0.3, 0.4) is 0 Å². The van der Waals surface area contributed by atoms with Gasteiger partial charge in [-0.2, -0.15) is 18.3 Å². The molecule has 0 aliphatic carbocycles. The van der Waals surface area contributed by atoms with Crippen molar-refractivity contribution in [2.75, 3.05) is 5.32 Å². The number of aryl methyl sites for hydroxylation is 1. The maximum absolute atomic E-state index is 14.4. The van der Waals surface area contributed by atoms with Gasteiger partial charge in [0.1, 0.15) is 17.3 Å². The maximum Gasteiger partial charge on any atom is 0.388 e. The first-order valence-corrected chi connectivity index (χ1v) is 9.11. The molecule has 0 bridgehead atoms. The summed E-state index contributed by atoms with van der Waals surface area (Å²) in [5, 5.41) is 18.9. The van der Waals surface area contributed by atoms with Crippen LogP contribution in [0, 0.1) is 12.7 Å². The van der Waals surface area contributed by atoms with Gasteiger partial charge in [0.2, 0.25) is 5.56 Å². The normalized spacial score (nSPS) is 10.9. The minimum absolute atomic E-state index is 0.0377. The number of aromatic amines is 2. The molecule has 7 nitrogen and oxygen atoms in total. The third kappa shape index (κ3) is 6.32. The van der Waals surface area contributed by atoms with Crippen LogP contribution in [0.5, 0.6) is 5.75 Å². The first kappa shape index (κ1) is 23.9. The number of amides is 1. The molecule has 2 aromatic heterocycles. The van der Waals surface area contributed by atoms with E-state index in [9.17, 15) is 32.3 Å². The van der Waals surface area contributed by atoms with Crippen LogP contribution in [0.2, 0.25) is 5.15 Å². The quantitative estimate of drug-likeness (QED) is 0.421. The standard InChI is InChI=1S/C16H12ClFN4O3.C3H5F3/c1-7-14(15(17)22-21-7)20-16(25)9-5-10(18)8(6-12(9)23)11-3-2-4-13(24)19-11;1-2-3(4,5)6/h2-6,23H,1H3,(H,19,24)(H,20,25)(H,21,22);2H2,1H3. The van der Waals surface area contributed by atoms with Gasteiger partial charge in [0.15, 0.2) is 5.15 Å². The largest absolute Gasteiger partial charge is 0.507 e. The molecule has 0 fully saturated rings. The molecule has 3 rings (SSSR count). The molecule has 1 aromatic carbocycles. The Kier molecular flexibility index (Phi) is 7.45. The molecule has 12 heteroatoms. The lowest BCUT2D eigenvalue weighted by Crippen LogP contribution is -2.13. The molecular formula is C19H17ClF4N4O3. The fourth-order valence-electron chi connectivity index (χ4n) is 2.28. The Morgan fingerprint density at radius 2 is 1.94 bits per heavy atom. The number of nitrogens with zero attached hydrogens (tertiary/aromatic N) is 1. The molecule has 0 spiro atoms. The second-order valence-corrected chi connectivity index (χ2v) is 6.57. The van der Waals surface area contributed by atoms with Gasteiger partial charge in [-0.15, -0.1) is 0 Å². The fraction of sp³-hybridized carbons (Fsp3) is 0.211. The van der Waals surface area contributed by atoms with Crippen molar-refractivity contribution in [3.05, 3.63) is 62.9 Å². The van der Waals surface area contributed by atoms with Crippen molar-refractivity contribution >= 4 is 23.2 Å². The van der Waals surface area contributed by atoms with Crippen molar-refractivity contribution in [1.29, 1.82) is 0 Å². The summed E-state index contributed by atoms with van der Waals surface area (Å²) in [5.41, 5.74) is 0.199. The van der Waals surface area contributed by atoms with Crippen LogP contribution in [-0.2, 0) is 0 Å². The van der Waals surface area contributed by atoms with Gasteiger partial charge in [-0.25, -0.2) is 4.39 Å². The topological polar surface area (TPSA) is 111 Å². The number of phenolic OH excluding ortho intramolecular Hbond substituents is 1. The Hall–Kier alpha value is -3.34. The number of aromatic nitrogens is 3. The first-order valence-electron chi connectivity index (χ1n) is 8.73. The van der Waals surface area contributed by atoms with Crippen LogP contribution < -0.4 is 10.9 Å². The number of alkyl halides is 3. The lowest BCUT2D eigenvalue weighted by Gasteiger charge is -2.10. The van der Waals surface area contributed by atoms with E-state index >= 15 is 0 Å². The SMILES string of the molecule is CCC(F)(F)F.Cc1[nH]nc(Cl)c1NC(=O)c1cc(F)c(-c2cccc(=O)[nH]2)cc1O. The summed E-state index contributed by atoms with van der Waals surface area (Å²) < 4.78 is 46.7. The average molecular weight is 461 g/mol. The molecule has 0 unspecified atom stereocenters. The minimum Gasteiger partial charge on any atom is -0.507 e. The fourth-order valence-corrected chi connectivity index (χ4v) is 2.51. The van der Waals surface area contributed by atoms with Gasteiger partial charge in [-0.1, -0.05) is 24.6 Å². The van der Waals surface area contributed by atoms with E-state index in [4.69, 9.17) is 11.6 Å². The summed E-state index contributed by atoms with van der Waals surface area (Å²) in [6.45, 7) is 2.73. The summed E-state index contributed by atoms with van der Waals surface area (Å²) in [4.78, 5) is 26.1. The van der Waals surface area contributed by atoms with Crippen LogP contribution in [0.15, 0.2) is 35.1 Å². The number of pyridine rings is 1. The Morgan fingerprint density at radius 1 is 1.29 bits per heavy atom. The summed E-state index contributed by atoms with van der Waals surface area (Å²) in [7, 11) is 0. The monoisotopic (exact) mass is 460 g/mol. The predicted molar refractivity (Wildman–Crippen MR) is 107 cm³/mol. The van der Waals surface area contributed by atoms with E-state index in [0.717, 1.165) is 19.1 Å². The number of carbonyl (C=O) groups is 1. The van der Waals surface area contributed by atoms with E-state index in [1.807, 2.05) is 0 Å². The van der Waals surface area contributed by atoms with Gasteiger partial charge >= 0.3 is 6.18 Å². The Balaban J connectivity index is 0.000000501. The summed E-state index contributed by atoms with van der Waals surface area (Å²) >= 11 is 5.84. The molecule has 0 radical (unpaired) electrons. The molecule has 3 aromatic rings. The molecule has 1 amide bonds. The zero-order chi connectivity index (χ0) is 23.3. The van der Waals surface area contributed by atoms with Crippen LogP contribution in [0.1, 0.15) is 29.4 Å². The Morgan fingerprint density at radius 3 is 2.45 bits per heavy atom. The van der Waals surface area contributed by atoms with Crippen molar-refractivity contribution < 1.29 is 27.5 Å². The second kappa shape index (κ2) is 9.65. The number of hydrogen-bond acceptors (Lipinski definition) is 4. The van der Waals surface area contributed by atoms with E-state index < -0.39 is 35.6 Å². The van der Waals surface area contributed by atoms with Gasteiger partial charge in [0.05, 0.1) is 17.0 Å². The predicted octanol–water partition coefficient (Wildman–Crippen LogP) is 4.78. The Bertz CT molecular complexity index is 1120. The van der Waals surface area contributed by atoms with Crippen molar-refractivity contribution in [2.45, 2.75) is 26.4 Å². The van der Waals surface area contributed by atoms with Crippen LogP contribution >= 0.6 is 11.6 Å². The number of hydrogen-bond donors (Lipinski definition) is 4. The summed E-state index contributed by atoms with van der Waals surface area (Å²) in [5.74, 6) is -1.98. The van der Waals surface area contributed by atoms with Gasteiger partial charge in [-0.05, 0) is 25.1 Å². The van der Waals surface area contributed by atoms with Crippen molar-refractivity contribution in [3.8, 4) is 17.0 Å². The highest BCUT2D eigenvalue weighted by Crippen LogP contribution is 2.30. The van der Waals surface area contributed by atoms with Gasteiger partial charge in [0.25, 0.3) is 5.91 Å². The van der Waals surface area contributed by atoms with Crippen molar-refractivity contribution in [3.63, 3.8) is 0 Å². The van der Waals surface area contributed by atoms with E-state index in [1.54, 1.807) is 6.92 Å². The number of aromatic hydroxyl groups is 1. The molecular weight excluding hydrogens is 444 g/mol. The number of nitrogens with one attached hydrogen (secondary N) is 3. The Labute approximate surface area is 178 Å². The van der Waals surface area contributed by atoms with Crippen LogP contribution in [0.25, 0.3) is 11.3 Å². The molecule has 166 valence electrons. The highest BCUT2D eigenvalue weighted by atomic mass is 35.5. The molecule has 0 saturated heterocycles. The molecule has 31 heavy (non-hydrogen) atoms. The number of phenols is 1. The minimum atomic E-state index is -3.96. The zero-order valence-electron chi connectivity index (χ0n) is 16.2. The van der Waals surface area contributed by atoms with Crippen LogP contribution in [-0.4, -0.2) is 32.4 Å². The number of rotatable bonds is 3. The van der Waals surface area contributed by atoms with Gasteiger partial charge < -0.3 is 15.4 Å². The molecule has 2 heterocycles. The molecule has 0 atom stereocenters. The third-order valence-electron chi connectivity index (χ3n) is 3.93. The number of carbonyl (C=O) groups excluding carboxylic acids is 1. The number of benzene rings is 1. The first-order chi connectivity index (χ1) is 14.4. The van der Waals surface area contributed by atoms with E-state index in [-0.39, 0.29) is 27.7 Å². The third-order valence-corrected chi connectivity index (χ3v) is 4.20. The number of H-pyrrole nitrogens is 2. The van der Waals surface area contributed by atoms with E-state index in [1.165, 1.54) is 18.2 Å². The van der Waals surface area contributed by atoms with Gasteiger partial charge in [-0.3, -0.25) is 14.7 Å². The van der Waals surface area contributed by atoms with Crippen molar-refractivity contribution in [1.82, 2.24) is 15.2 Å². The average Bonchev–Trinajstić information content (AvgIpc) is 3.01. The van der Waals surface area contributed by atoms with Gasteiger partial charge in [0, 0.05) is 18.1 Å². The number of halogens is 5. The summed E-state index contributed by atoms with van der Waals surface area (Å²) in [6, 6.07) is 6.16. The van der Waals surface area contributed by atoms with Crippen LogP contribution in [0.4, 0.5) is 23.2 Å². The molecule has 0 aliphatic rings. The molecule has 0 saturated carbocycles. The van der Waals surface area contributed by atoms with Crippen molar-refractivity contribution in [2.24, 2.45) is 0 Å². The number of anilines is 1. The lowest BCUT2D eigenvalue weighted by atomic mass is 10.1. The lowest BCUT2D eigenvalue weighted by molar-refractivity contribution is -0.130. The molecule has 0 aliphatic heterocycles. The smallest absolute Gasteiger partial charge is 0.388 e. The summed E-state index contributed by atoms with van der Waals surface area (Å²) in [6.07, 6.45) is -4.69. The second-order valence-electron chi connectivity index (χ2n) is 6.22. The highest BCUT2D eigenvalue weighted by molar-refractivity contribution is 6.33. The maximum atomic E-state index is 14.4. The van der Waals surface area contributed by atoms with E-state index in [2.05, 4.69) is 20.5 Å². The molecule has 4 N–H and O–H groups in total.